The molecular formula is C14H19N3O2S. The number of nitrogens with one attached hydrogen (secondary N) is 1. The molecule has 5 nitrogen and oxygen atoms in total. The normalized spacial score (nSPS) is 19.6. The van der Waals surface area contributed by atoms with Gasteiger partial charge in [-0.05, 0) is 19.1 Å². The number of hydrogen-bond acceptors (Lipinski definition) is 4. The number of carbonyl (C=O) groups is 1. The van der Waals surface area contributed by atoms with E-state index in [4.69, 9.17) is 22.7 Å². The number of anilines is 1. The van der Waals surface area contributed by atoms with Gasteiger partial charge in [-0.1, -0.05) is 24.4 Å². The molecule has 1 unspecified atom stereocenters. The first-order valence-electron chi connectivity index (χ1n) is 6.58. The highest BCUT2D eigenvalue weighted by atomic mass is 32.1. The molecule has 0 saturated carbocycles. The SMILES string of the molecule is CC1CN(CC(=O)Nc2cccc(C(N)=S)c2)CCO1. The van der Waals surface area contributed by atoms with Crippen molar-refractivity contribution in [3.8, 4) is 0 Å². The van der Waals surface area contributed by atoms with Crippen LogP contribution in [0.15, 0.2) is 24.3 Å². The lowest BCUT2D eigenvalue weighted by Gasteiger charge is -2.30. The van der Waals surface area contributed by atoms with Gasteiger partial charge in [0.1, 0.15) is 4.99 Å². The van der Waals surface area contributed by atoms with Crippen molar-refractivity contribution in [1.82, 2.24) is 4.90 Å². The molecule has 0 aromatic heterocycles. The summed E-state index contributed by atoms with van der Waals surface area (Å²) >= 11 is 4.92. The molecule has 1 saturated heterocycles. The Bertz CT molecular complexity index is 507. The van der Waals surface area contributed by atoms with Gasteiger partial charge in [0.2, 0.25) is 5.91 Å². The largest absolute Gasteiger partial charge is 0.389 e. The molecule has 0 spiro atoms. The van der Waals surface area contributed by atoms with Gasteiger partial charge in [-0.2, -0.15) is 0 Å². The molecule has 20 heavy (non-hydrogen) atoms. The van der Waals surface area contributed by atoms with Gasteiger partial charge >= 0.3 is 0 Å². The Morgan fingerprint density at radius 3 is 3.10 bits per heavy atom. The molecule has 1 aliphatic heterocycles. The molecule has 6 heteroatoms. The van der Waals surface area contributed by atoms with E-state index in [0.717, 1.165) is 18.7 Å². The van der Waals surface area contributed by atoms with Crippen LogP contribution < -0.4 is 11.1 Å². The fraction of sp³-hybridized carbons (Fsp3) is 0.429. The molecule has 1 fully saturated rings. The summed E-state index contributed by atoms with van der Waals surface area (Å²) < 4.78 is 5.45. The maximum absolute atomic E-state index is 12.0. The van der Waals surface area contributed by atoms with E-state index in [2.05, 4.69) is 10.2 Å². The van der Waals surface area contributed by atoms with Gasteiger partial charge in [-0.25, -0.2) is 0 Å². The summed E-state index contributed by atoms with van der Waals surface area (Å²) in [6.07, 6.45) is 0.175. The van der Waals surface area contributed by atoms with Crippen molar-refractivity contribution in [2.45, 2.75) is 13.0 Å². The molecule has 1 heterocycles. The summed E-state index contributed by atoms with van der Waals surface area (Å²) in [5, 5.41) is 2.86. The first-order chi connectivity index (χ1) is 9.54. The molecule has 1 amide bonds. The number of morpholine rings is 1. The molecule has 1 aromatic carbocycles. The molecule has 3 N–H and O–H groups in total. The molecule has 1 atom stereocenters. The lowest BCUT2D eigenvalue weighted by Crippen LogP contribution is -2.44. The molecule has 1 aromatic rings. The number of nitrogens with zero attached hydrogens (tertiary/aromatic N) is 1. The van der Waals surface area contributed by atoms with Crippen molar-refractivity contribution in [2.75, 3.05) is 31.6 Å². The fourth-order valence-corrected chi connectivity index (χ4v) is 2.31. The number of hydrogen-bond donors (Lipinski definition) is 2. The van der Waals surface area contributed by atoms with Crippen LogP contribution in [-0.2, 0) is 9.53 Å². The van der Waals surface area contributed by atoms with Crippen LogP contribution in [0.2, 0.25) is 0 Å². The molecule has 2 rings (SSSR count). The summed E-state index contributed by atoms with van der Waals surface area (Å²) in [5.41, 5.74) is 7.03. The third-order valence-electron chi connectivity index (χ3n) is 3.12. The summed E-state index contributed by atoms with van der Waals surface area (Å²) in [6, 6.07) is 7.24. The first-order valence-corrected chi connectivity index (χ1v) is 6.99. The third-order valence-corrected chi connectivity index (χ3v) is 3.36. The minimum Gasteiger partial charge on any atom is -0.389 e. The van der Waals surface area contributed by atoms with E-state index in [1.807, 2.05) is 25.1 Å². The number of benzene rings is 1. The van der Waals surface area contributed by atoms with E-state index in [1.165, 1.54) is 0 Å². The fourth-order valence-electron chi connectivity index (χ4n) is 2.19. The Hall–Kier alpha value is -1.50. The average molecular weight is 293 g/mol. The molecular weight excluding hydrogens is 274 g/mol. The Balaban J connectivity index is 1.91. The summed E-state index contributed by atoms with van der Waals surface area (Å²) in [7, 11) is 0. The Morgan fingerprint density at radius 1 is 1.60 bits per heavy atom. The van der Waals surface area contributed by atoms with Gasteiger partial charge in [0, 0.05) is 24.3 Å². The van der Waals surface area contributed by atoms with E-state index in [0.29, 0.717) is 23.8 Å². The second-order valence-electron chi connectivity index (χ2n) is 4.91. The summed E-state index contributed by atoms with van der Waals surface area (Å²) in [6.45, 7) is 4.61. The predicted octanol–water partition coefficient (Wildman–Crippen LogP) is 0.980. The van der Waals surface area contributed by atoms with Gasteiger partial charge in [-0.3, -0.25) is 9.69 Å². The van der Waals surface area contributed by atoms with Crippen LogP contribution in [0.25, 0.3) is 0 Å². The summed E-state index contributed by atoms with van der Waals surface area (Å²) in [4.78, 5) is 14.4. The number of ether oxygens (including phenoxy) is 1. The molecule has 0 bridgehead atoms. The third kappa shape index (κ3) is 4.26. The smallest absolute Gasteiger partial charge is 0.238 e. The quantitative estimate of drug-likeness (QED) is 0.810. The van der Waals surface area contributed by atoms with Crippen LogP contribution in [0, 0.1) is 0 Å². The van der Waals surface area contributed by atoms with E-state index in [9.17, 15) is 4.79 Å². The topological polar surface area (TPSA) is 67.6 Å². The highest BCUT2D eigenvalue weighted by molar-refractivity contribution is 7.80. The van der Waals surface area contributed by atoms with Crippen LogP contribution in [-0.4, -0.2) is 48.1 Å². The van der Waals surface area contributed by atoms with Crippen LogP contribution in [0.5, 0.6) is 0 Å². The Morgan fingerprint density at radius 2 is 2.40 bits per heavy atom. The molecule has 108 valence electrons. The minimum absolute atomic E-state index is 0.0424. The van der Waals surface area contributed by atoms with E-state index < -0.39 is 0 Å². The molecule has 0 radical (unpaired) electrons. The Labute approximate surface area is 124 Å². The number of carbonyl (C=O) groups excluding carboxylic acids is 1. The van der Waals surface area contributed by atoms with Crippen LogP contribution >= 0.6 is 12.2 Å². The van der Waals surface area contributed by atoms with Gasteiger partial charge < -0.3 is 15.8 Å². The van der Waals surface area contributed by atoms with Crippen molar-refractivity contribution in [3.05, 3.63) is 29.8 Å². The summed E-state index contributed by atoms with van der Waals surface area (Å²) in [5.74, 6) is -0.0424. The van der Waals surface area contributed by atoms with Crippen LogP contribution in [0.1, 0.15) is 12.5 Å². The van der Waals surface area contributed by atoms with Crippen molar-refractivity contribution in [3.63, 3.8) is 0 Å². The number of rotatable bonds is 4. The standard InChI is InChI=1S/C14H19N3O2S/c1-10-8-17(5-6-19-10)9-13(18)16-12-4-2-3-11(7-12)14(15)20/h2-4,7,10H,5-6,8-9H2,1H3,(H2,15,20)(H,16,18). The van der Waals surface area contributed by atoms with Crippen molar-refractivity contribution in [2.24, 2.45) is 5.73 Å². The number of nitrogens with two attached hydrogens (primary N) is 1. The maximum Gasteiger partial charge on any atom is 0.238 e. The average Bonchev–Trinajstić information content (AvgIpc) is 2.38. The zero-order valence-electron chi connectivity index (χ0n) is 11.5. The lowest BCUT2D eigenvalue weighted by atomic mass is 10.2. The predicted molar refractivity (Wildman–Crippen MR) is 82.8 cm³/mol. The van der Waals surface area contributed by atoms with Crippen molar-refractivity contribution >= 4 is 28.8 Å². The van der Waals surface area contributed by atoms with Crippen LogP contribution in [0.3, 0.4) is 0 Å². The highest BCUT2D eigenvalue weighted by Crippen LogP contribution is 2.11. The zero-order chi connectivity index (χ0) is 14.5. The molecule has 0 aliphatic carbocycles. The number of amides is 1. The van der Waals surface area contributed by atoms with Gasteiger partial charge in [-0.15, -0.1) is 0 Å². The monoisotopic (exact) mass is 293 g/mol. The van der Waals surface area contributed by atoms with Crippen molar-refractivity contribution < 1.29 is 9.53 Å². The maximum atomic E-state index is 12.0. The lowest BCUT2D eigenvalue weighted by molar-refractivity contribution is -0.119. The second-order valence-corrected chi connectivity index (χ2v) is 5.35. The minimum atomic E-state index is -0.0424. The second kappa shape index (κ2) is 6.78. The van der Waals surface area contributed by atoms with Gasteiger partial charge in [0.15, 0.2) is 0 Å². The van der Waals surface area contributed by atoms with Gasteiger partial charge in [0.25, 0.3) is 0 Å². The van der Waals surface area contributed by atoms with Crippen LogP contribution in [0.4, 0.5) is 5.69 Å². The Kier molecular flexibility index (Phi) is 5.05. The van der Waals surface area contributed by atoms with Crippen molar-refractivity contribution in [1.29, 1.82) is 0 Å². The van der Waals surface area contributed by atoms with E-state index in [1.54, 1.807) is 6.07 Å². The van der Waals surface area contributed by atoms with Gasteiger partial charge in [0.05, 0.1) is 19.3 Å². The first kappa shape index (κ1) is 14.9. The van der Waals surface area contributed by atoms with E-state index >= 15 is 0 Å². The zero-order valence-corrected chi connectivity index (χ0v) is 12.3. The molecule has 1 aliphatic rings. The number of thiocarbonyl (C=S) groups is 1. The van der Waals surface area contributed by atoms with E-state index in [-0.39, 0.29) is 12.0 Å². The highest BCUT2D eigenvalue weighted by Gasteiger charge is 2.18.